The number of aliphatic hydroxyl groups is 1. The van der Waals surface area contributed by atoms with Gasteiger partial charge in [0.1, 0.15) is 0 Å². The SMILES string of the molecule is NCC(O)C(Cc1ccccc1)N1C(=O)c2ccccc2C1=O. The molecule has 118 valence electrons. The molecule has 2 amide bonds. The lowest BCUT2D eigenvalue weighted by Gasteiger charge is -2.30. The second-order valence-electron chi connectivity index (χ2n) is 5.59. The summed E-state index contributed by atoms with van der Waals surface area (Å²) in [6.45, 7) is -0.0229. The summed E-state index contributed by atoms with van der Waals surface area (Å²) in [4.78, 5) is 26.4. The quantitative estimate of drug-likeness (QED) is 0.813. The summed E-state index contributed by atoms with van der Waals surface area (Å²) < 4.78 is 0. The summed E-state index contributed by atoms with van der Waals surface area (Å²) in [5, 5.41) is 10.3. The van der Waals surface area contributed by atoms with Crippen molar-refractivity contribution in [2.75, 3.05) is 6.54 Å². The Morgan fingerprint density at radius 2 is 1.43 bits per heavy atom. The van der Waals surface area contributed by atoms with Gasteiger partial charge >= 0.3 is 0 Å². The van der Waals surface area contributed by atoms with E-state index in [4.69, 9.17) is 5.73 Å². The van der Waals surface area contributed by atoms with Gasteiger partial charge in [-0.3, -0.25) is 14.5 Å². The number of fused-ring (bicyclic) bond motifs is 1. The fourth-order valence-corrected chi connectivity index (χ4v) is 2.92. The highest BCUT2D eigenvalue weighted by molar-refractivity contribution is 6.21. The molecule has 2 unspecified atom stereocenters. The molecule has 2 aromatic rings. The summed E-state index contributed by atoms with van der Waals surface area (Å²) in [5.41, 5.74) is 7.27. The Kier molecular flexibility index (Phi) is 4.23. The third-order valence-corrected chi connectivity index (χ3v) is 4.13. The summed E-state index contributed by atoms with van der Waals surface area (Å²) in [6.07, 6.45) is -0.609. The van der Waals surface area contributed by atoms with Crippen molar-refractivity contribution in [2.45, 2.75) is 18.6 Å². The number of imide groups is 1. The zero-order valence-corrected chi connectivity index (χ0v) is 12.6. The molecular weight excluding hydrogens is 292 g/mol. The van der Waals surface area contributed by atoms with Crippen LogP contribution in [-0.4, -0.2) is 40.5 Å². The van der Waals surface area contributed by atoms with Crippen molar-refractivity contribution in [3.8, 4) is 0 Å². The molecule has 5 heteroatoms. The Labute approximate surface area is 134 Å². The van der Waals surface area contributed by atoms with Gasteiger partial charge < -0.3 is 10.8 Å². The first-order valence-corrected chi connectivity index (χ1v) is 7.52. The van der Waals surface area contributed by atoms with E-state index in [0.29, 0.717) is 17.5 Å². The van der Waals surface area contributed by atoms with E-state index in [1.165, 1.54) is 0 Å². The second-order valence-corrected chi connectivity index (χ2v) is 5.59. The lowest BCUT2D eigenvalue weighted by Crippen LogP contribution is -2.50. The first-order valence-electron chi connectivity index (χ1n) is 7.52. The summed E-state index contributed by atoms with van der Waals surface area (Å²) in [7, 11) is 0. The minimum Gasteiger partial charge on any atom is -0.390 e. The number of carbonyl (C=O) groups excluding carboxylic acids is 2. The monoisotopic (exact) mass is 310 g/mol. The number of amides is 2. The predicted molar refractivity (Wildman–Crippen MR) is 85.9 cm³/mol. The van der Waals surface area contributed by atoms with Gasteiger partial charge in [0.05, 0.1) is 23.3 Å². The molecule has 0 spiro atoms. The van der Waals surface area contributed by atoms with Gasteiger partial charge in [-0.05, 0) is 24.1 Å². The zero-order chi connectivity index (χ0) is 16.4. The van der Waals surface area contributed by atoms with Crippen LogP contribution in [0, 0.1) is 0 Å². The molecule has 1 aliphatic heterocycles. The van der Waals surface area contributed by atoms with E-state index in [1.807, 2.05) is 30.3 Å². The predicted octanol–water partition coefficient (Wildman–Crippen LogP) is 1.21. The molecule has 0 radical (unpaired) electrons. The zero-order valence-electron chi connectivity index (χ0n) is 12.6. The molecule has 3 N–H and O–H groups in total. The van der Waals surface area contributed by atoms with Crippen LogP contribution in [0.25, 0.3) is 0 Å². The van der Waals surface area contributed by atoms with Gasteiger partial charge in [0, 0.05) is 6.54 Å². The summed E-state index contributed by atoms with van der Waals surface area (Å²) in [6, 6.07) is 15.5. The minimum absolute atomic E-state index is 0.0229. The molecule has 2 atom stereocenters. The van der Waals surface area contributed by atoms with E-state index in [2.05, 4.69) is 0 Å². The lowest BCUT2D eigenvalue weighted by molar-refractivity contribution is 0.0360. The highest BCUT2D eigenvalue weighted by Crippen LogP contribution is 2.27. The number of carbonyl (C=O) groups is 2. The van der Waals surface area contributed by atoms with Gasteiger partial charge in [-0.2, -0.15) is 0 Å². The molecule has 0 bridgehead atoms. The van der Waals surface area contributed by atoms with Crippen LogP contribution in [0.5, 0.6) is 0 Å². The largest absolute Gasteiger partial charge is 0.390 e. The van der Waals surface area contributed by atoms with Crippen LogP contribution < -0.4 is 5.73 Å². The molecule has 0 saturated carbocycles. The van der Waals surface area contributed by atoms with Crippen molar-refractivity contribution < 1.29 is 14.7 Å². The van der Waals surface area contributed by atoms with Crippen LogP contribution in [0.4, 0.5) is 0 Å². The van der Waals surface area contributed by atoms with Gasteiger partial charge in [-0.15, -0.1) is 0 Å². The average Bonchev–Trinajstić information content (AvgIpc) is 2.85. The van der Waals surface area contributed by atoms with Crippen LogP contribution in [0.2, 0.25) is 0 Å². The fraction of sp³-hybridized carbons (Fsp3) is 0.222. The van der Waals surface area contributed by atoms with Gasteiger partial charge in [0.25, 0.3) is 11.8 Å². The second kappa shape index (κ2) is 6.32. The maximum Gasteiger partial charge on any atom is 0.261 e. The van der Waals surface area contributed by atoms with Gasteiger partial charge in [0.2, 0.25) is 0 Å². The first kappa shape index (κ1) is 15.4. The summed E-state index contributed by atoms with van der Waals surface area (Å²) in [5.74, 6) is -0.752. The van der Waals surface area contributed by atoms with Crippen molar-refractivity contribution >= 4 is 11.8 Å². The number of aliphatic hydroxyl groups excluding tert-OH is 1. The number of hydrogen-bond acceptors (Lipinski definition) is 4. The van der Waals surface area contributed by atoms with E-state index in [0.717, 1.165) is 10.5 Å². The Hall–Kier alpha value is -2.50. The van der Waals surface area contributed by atoms with Crippen LogP contribution >= 0.6 is 0 Å². The molecular formula is C18H18N2O3. The highest BCUT2D eigenvalue weighted by Gasteiger charge is 2.41. The molecule has 23 heavy (non-hydrogen) atoms. The van der Waals surface area contributed by atoms with E-state index in [1.54, 1.807) is 24.3 Å². The van der Waals surface area contributed by atoms with Gasteiger partial charge in [-0.1, -0.05) is 42.5 Å². The summed E-state index contributed by atoms with van der Waals surface area (Å²) >= 11 is 0. The van der Waals surface area contributed by atoms with Crippen LogP contribution in [0.1, 0.15) is 26.3 Å². The molecule has 5 nitrogen and oxygen atoms in total. The topological polar surface area (TPSA) is 83.6 Å². The molecule has 0 aromatic heterocycles. The van der Waals surface area contributed by atoms with Crippen LogP contribution in [0.15, 0.2) is 54.6 Å². The highest BCUT2D eigenvalue weighted by atomic mass is 16.3. The fourth-order valence-electron chi connectivity index (χ4n) is 2.92. The Morgan fingerprint density at radius 1 is 0.913 bits per heavy atom. The minimum atomic E-state index is -0.975. The normalized spacial score (nSPS) is 16.3. The maximum atomic E-state index is 12.6. The molecule has 2 aromatic carbocycles. The Bertz CT molecular complexity index is 695. The molecule has 1 heterocycles. The number of rotatable bonds is 5. The van der Waals surface area contributed by atoms with Crippen molar-refractivity contribution in [2.24, 2.45) is 5.73 Å². The molecule has 0 saturated heterocycles. The molecule has 1 aliphatic rings. The van der Waals surface area contributed by atoms with Crippen molar-refractivity contribution in [1.82, 2.24) is 4.90 Å². The lowest BCUT2D eigenvalue weighted by atomic mass is 9.99. The number of hydrogen-bond donors (Lipinski definition) is 2. The van der Waals surface area contributed by atoms with Crippen molar-refractivity contribution in [1.29, 1.82) is 0 Å². The van der Waals surface area contributed by atoms with E-state index in [9.17, 15) is 14.7 Å². The average molecular weight is 310 g/mol. The van der Waals surface area contributed by atoms with E-state index >= 15 is 0 Å². The van der Waals surface area contributed by atoms with Gasteiger partial charge in [0.15, 0.2) is 0 Å². The van der Waals surface area contributed by atoms with E-state index < -0.39 is 12.1 Å². The van der Waals surface area contributed by atoms with Crippen molar-refractivity contribution in [3.05, 3.63) is 71.3 Å². The Balaban J connectivity index is 1.95. The number of nitrogens with two attached hydrogens (primary N) is 1. The third-order valence-electron chi connectivity index (χ3n) is 4.13. The first-order chi connectivity index (χ1) is 11.1. The van der Waals surface area contributed by atoms with Crippen LogP contribution in [0.3, 0.4) is 0 Å². The van der Waals surface area contributed by atoms with E-state index in [-0.39, 0.29) is 18.4 Å². The smallest absolute Gasteiger partial charge is 0.261 e. The Morgan fingerprint density at radius 3 is 1.96 bits per heavy atom. The van der Waals surface area contributed by atoms with Crippen LogP contribution in [-0.2, 0) is 6.42 Å². The van der Waals surface area contributed by atoms with Crippen molar-refractivity contribution in [3.63, 3.8) is 0 Å². The standard InChI is InChI=1S/C18H18N2O3/c19-11-16(21)15(10-12-6-2-1-3-7-12)20-17(22)13-8-4-5-9-14(13)18(20)23/h1-9,15-16,21H,10-11,19H2. The molecule has 3 rings (SSSR count). The maximum absolute atomic E-state index is 12.6. The molecule has 0 fully saturated rings. The third kappa shape index (κ3) is 2.76. The number of nitrogens with zero attached hydrogens (tertiary/aromatic N) is 1. The number of benzene rings is 2. The van der Waals surface area contributed by atoms with Gasteiger partial charge in [-0.25, -0.2) is 0 Å². The molecule has 0 aliphatic carbocycles.